The molecule has 6 heteroatoms. The summed E-state index contributed by atoms with van der Waals surface area (Å²) in [5.74, 6) is 1.31. The summed E-state index contributed by atoms with van der Waals surface area (Å²) in [5.41, 5.74) is 3.05. The summed E-state index contributed by atoms with van der Waals surface area (Å²) in [6, 6.07) is 2.26. The number of carbonyl (C=O) groups excluding carboxylic acids is 1. The lowest BCUT2D eigenvalue weighted by atomic mass is 9.53. The second-order valence-corrected chi connectivity index (χ2v) is 8.19. The Balaban J connectivity index is 1.77. The Hall–Kier alpha value is -2.31. The second kappa shape index (κ2) is 6.09. The minimum absolute atomic E-state index is 0.253. The molecule has 1 saturated heterocycles. The predicted molar refractivity (Wildman–Crippen MR) is 104 cm³/mol. The van der Waals surface area contributed by atoms with E-state index < -0.39 is 6.10 Å². The van der Waals surface area contributed by atoms with Gasteiger partial charge in [0.2, 0.25) is 0 Å². The maximum Gasteiger partial charge on any atom is 0.330 e. The zero-order valence-corrected chi connectivity index (χ0v) is 16.3. The molecule has 0 saturated carbocycles. The van der Waals surface area contributed by atoms with E-state index >= 15 is 0 Å². The number of carbonyl (C=O) groups is 1. The van der Waals surface area contributed by atoms with Gasteiger partial charge in [0.15, 0.2) is 11.5 Å². The summed E-state index contributed by atoms with van der Waals surface area (Å²) >= 11 is 0. The van der Waals surface area contributed by atoms with Gasteiger partial charge in [0, 0.05) is 29.0 Å². The standard InChI is InChI=1S/C22H25NO5/c1-23-9-8-22-14-5-6-16(24)21(22)28-20-17(26-2)10-12(4-7-18(25)27-3)13(19(20)22)11-15(14)23/h4-7,10,14-16,21,24H,8-9,11H2,1-3H3/b7-4+/t14-,15-,16+,21+,22+/m1/s1. The molecule has 2 bridgehead atoms. The summed E-state index contributed by atoms with van der Waals surface area (Å²) in [6.45, 7) is 0.963. The first-order chi connectivity index (χ1) is 13.5. The number of esters is 1. The van der Waals surface area contributed by atoms with Gasteiger partial charge < -0.3 is 24.2 Å². The number of methoxy groups -OCH3 is 2. The van der Waals surface area contributed by atoms with E-state index in [2.05, 4.69) is 18.0 Å². The summed E-state index contributed by atoms with van der Waals surface area (Å²) in [7, 11) is 5.17. The molecule has 4 aliphatic rings. The summed E-state index contributed by atoms with van der Waals surface area (Å²) < 4.78 is 16.8. The monoisotopic (exact) mass is 383 g/mol. The van der Waals surface area contributed by atoms with Gasteiger partial charge in [-0.3, -0.25) is 0 Å². The van der Waals surface area contributed by atoms with E-state index in [1.165, 1.54) is 24.3 Å². The third kappa shape index (κ3) is 2.13. The number of hydrogen-bond acceptors (Lipinski definition) is 6. The fourth-order valence-corrected chi connectivity index (χ4v) is 5.86. The van der Waals surface area contributed by atoms with Crippen molar-refractivity contribution in [2.24, 2.45) is 5.92 Å². The predicted octanol–water partition coefficient (Wildman–Crippen LogP) is 1.69. The fourth-order valence-electron chi connectivity index (χ4n) is 5.86. The van der Waals surface area contributed by atoms with Crippen LogP contribution in [0.5, 0.6) is 11.5 Å². The van der Waals surface area contributed by atoms with E-state index in [0.29, 0.717) is 11.8 Å². The number of nitrogens with zero attached hydrogens (tertiary/aromatic N) is 1. The molecule has 1 fully saturated rings. The van der Waals surface area contributed by atoms with Crippen molar-refractivity contribution >= 4 is 12.0 Å². The van der Waals surface area contributed by atoms with Gasteiger partial charge in [0.1, 0.15) is 12.2 Å². The molecule has 6 nitrogen and oxygen atoms in total. The number of rotatable bonds is 3. The van der Waals surface area contributed by atoms with Gasteiger partial charge in [0.05, 0.1) is 14.2 Å². The largest absolute Gasteiger partial charge is 0.493 e. The molecule has 1 spiro atoms. The fraction of sp³-hybridized carbons (Fsp3) is 0.500. The molecule has 2 aliphatic carbocycles. The number of ether oxygens (including phenoxy) is 3. The molecular weight excluding hydrogens is 358 g/mol. The smallest absolute Gasteiger partial charge is 0.330 e. The van der Waals surface area contributed by atoms with Crippen molar-refractivity contribution in [1.29, 1.82) is 0 Å². The van der Waals surface area contributed by atoms with Crippen LogP contribution < -0.4 is 9.47 Å². The van der Waals surface area contributed by atoms with E-state index in [1.807, 2.05) is 12.1 Å². The number of aliphatic hydroxyl groups is 1. The van der Waals surface area contributed by atoms with Crippen molar-refractivity contribution in [3.8, 4) is 11.5 Å². The molecule has 0 amide bonds. The van der Waals surface area contributed by atoms with Crippen molar-refractivity contribution in [1.82, 2.24) is 4.90 Å². The van der Waals surface area contributed by atoms with Gasteiger partial charge in [-0.25, -0.2) is 4.79 Å². The van der Waals surface area contributed by atoms with E-state index in [9.17, 15) is 9.90 Å². The number of benzene rings is 1. The summed E-state index contributed by atoms with van der Waals surface area (Å²) in [6.07, 6.45) is 8.17. The molecule has 5 atom stereocenters. The third-order valence-corrected chi connectivity index (χ3v) is 7.12. The Morgan fingerprint density at radius 3 is 2.96 bits per heavy atom. The van der Waals surface area contributed by atoms with E-state index in [0.717, 1.165) is 30.7 Å². The average molecular weight is 383 g/mol. The lowest BCUT2D eigenvalue weighted by molar-refractivity contribution is -0.134. The Kier molecular flexibility index (Phi) is 3.87. The first-order valence-corrected chi connectivity index (χ1v) is 9.75. The van der Waals surface area contributed by atoms with Crippen LogP contribution in [0.4, 0.5) is 0 Å². The van der Waals surface area contributed by atoms with Crippen molar-refractivity contribution in [3.05, 3.63) is 41.0 Å². The first-order valence-electron chi connectivity index (χ1n) is 9.75. The van der Waals surface area contributed by atoms with Crippen molar-refractivity contribution in [2.75, 3.05) is 27.8 Å². The van der Waals surface area contributed by atoms with Crippen LogP contribution in [-0.2, 0) is 21.4 Å². The van der Waals surface area contributed by atoms with Crippen molar-refractivity contribution in [2.45, 2.75) is 36.5 Å². The van der Waals surface area contributed by atoms with Crippen LogP contribution in [-0.4, -0.2) is 62.0 Å². The van der Waals surface area contributed by atoms with Gasteiger partial charge in [-0.2, -0.15) is 0 Å². The minimum Gasteiger partial charge on any atom is -0.493 e. The summed E-state index contributed by atoms with van der Waals surface area (Å²) in [5, 5.41) is 10.8. The van der Waals surface area contributed by atoms with Crippen LogP contribution in [0.2, 0.25) is 0 Å². The van der Waals surface area contributed by atoms with Crippen molar-refractivity contribution < 1.29 is 24.1 Å². The molecule has 28 heavy (non-hydrogen) atoms. The maximum atomic E-state index is 11.7. The first kappa shape index (κ1) is 17.8. The quantitative estimate of drug-likeness (QED) is 0.487. The van der Waals surface area contributed by atoms with Gasteiger partial charge in [-0.1, -0.05) is 12.2 Å². The Morgan fingerprint density at radius 1 is 1.39 bits per heavy atom. The van der Waals surface area contributed by atoms with Gasteiger partial charge in [-0.15, -0.1) is 0 Å². The number of likely N-dealkylation sites (tertiary alicyclic amines) is 1. The molecule has 2 aliphatic heterocycles. The van der Waals surface area contributed by atoms with Crippen LogP contribution in [0.1, 0.15) is 23.1 Å². The maximum absolute atomic E-state index is 11.7. The van der Waals surface area contributed by atoms with E-state index in [-0.39, 0.29) is 23.4 Å². The molecule has 0 radical (unpaired) electrons. The highest BCUT2D eigenvalue weighted by Crippen LogP contribution is 2.63. The highest BCUT2D eigenvalue weighted by Gasteiger charge is 2.64. The molecule has 148 valence electrons. The number of aliphatic hydroxyl groups excluding tert-OH is 1. The van der Waals surface area contributed by atoms with Crippen LogP contribution in [0.3, 0.4) is 0 Å². The van der Waals surface area contributed by atoms with Crippen LogP contribution in [0.15, 0.2) is 24.3 Å². The topological polar surface area (TPSA) is 68.2 Å². The third-order valence-electron chi connectivity index (χ3n) is 7.12. The Morgan fingerprint density at radius 2 is 2.21 bits per heavy atom. The molecule has 2 heterocycles. The highest BCUT2D eigenvalue weighted by molar-refractivity contribution is 5.88. The molecule has 1 aromatic rings. The van der Waals surface area contributed by atoms with Crippen LogP contribution in [0.25, 0.3) is 6.08 Å². The van der Waals surface area contributed by atoms with E-state index in [4.69, 9.17) is 14.2 Å². The molecular formula is C22H25NO5. The normalized spacial score (nSPS) is 34.9. The lowest BCUT2D eigenvalue weighted by Gasteiger charge is -2.56. The number of hydrogen-bond donors (Lipinski definition) is 1. The molecule has 1 N–H and O–H groups in total. The van der Waals surface area contributed by atoms with E-state index in [1.54, 1.807) is 13.2 Å². The Bertz CT molecular complexity index is 907. The zero-order valence-electron chi connectivity index (χ0n) is 16.3. The SMILES string of the molecule is COC(=O)/C=C/c1cc(OC)c2c3c1C[C@@H]1[C@H]4C=C[C@H](O)[C@H](O2)[C@]34CCN1C. The lowest BCUT2D eigenvalue weighted by Crippen LogP contribution is -2.64. The Labute approximate surface area is 164 Å². The minimum atomic E-state index is -0.641. The average Bonchev–Trinajstić information content (AvgIpc) is 3.05. The van der Waals surface area contributed by atoms with Gasteiger partial charge >= 0.3 is 5.97 Å². The zero-order chi connectivity index (χ0) is 19.6. The van der Waals surface area contributed by atoms with Gasteiger partial charge in [-0.05, 0) is 49.7 Å². The molecule has 1 aromatic carbocycles. The molecule has 5 rings (SSSR count). The van der Waals surface area contributed by atoms with Crippen LogP contribution in [0, 0.1) is 5.92 Å². The summed E-state index contributed by atoms with van der Waals surface area (Å²) in [4.78, 5) is 14.1. The van der Waals surface area contributed by atoms with Crippen molar-refractivity contribution in [3.63, 3.8) is 0 Å². The van der Waals surface area contributed by atoms with Crippen LogP contribution >= 0.6 is 0 Å². The highest BCUT2D eigenvalue weighted by atomic mass is 16.5. The number of likely N-dealkylation sites (N-methyl/N-ethyl adjacent to an activating group) is 1. The van der Waals surface area contributed by atoms with Gasteiger partial charge in [0.25, 0.3) is 0 Å². The molecule has 0 unspecified atom stereocenters. The number of piperidine rings is 1. The molecule has 0 aromatic heterocycles. The second-order valence-electron chi connectivity index (χ2n) is 8.19.